The van der Waals surface area contributed by atoms with Crippen LogP contribution in [0.1, 0.15) is 32.6 Å². The molecule has 2 atom stereocenters. The number of hydrazine groups is 1. The molecule has 2 N–H and O–H groups in total. The van der Waals surface area contributed by atoms with Gasteiger partial charge in [0, 0.05) is 0 Å². The second kappa shape index (κ2) is 4.52. The highest BCUT2D eigenvalue weighted by Gasteiger charge is 2.45. The Labute approximate surface area is 114 Å². The molecule has 0 unspecified atom stereocenters. The highest BCUT2D eigenvalue weighted by molar-refractivity contribution is 7.80. The standard InChI is InChI=1S/C14H19N3S/c1-11-7-5-6-10-14(11)15-13(18)17(16-14)12-8-3-2-4-9-12/h2-4,8-9,11,16H,5-7,10H2,1H3,(H,15,18)/t11-,14-/m1/s1. The van der Waals surface area contributed by atoms with Crippen molar-refractivity contribution in [1.82, 2.24) is 10.7 Å². The maximum atomic E-state index is 5.48. The first-order chi connectivity index (χ1) is 8.71. The van der Waals surface area contributed by atoms with Gasteiger partial charge < -0.3 is 5.32 Å². The van der Waals surface area contributed by atoms with Crippen LogP contribution in [-0.4, -0.2) is 10.8 Å². The zero-order chi connectivity index (χ0) is 12.6. The van der Waals surface area contributed by atoms with Crippen molar-refractivity contribution in [1.29, 1.82) is 0 Å². The molecular formula is C14H19N3S. The number of thiocarbonyl (C=S) groups is 1. The smallest absolute Gasteiger partial charge is 0.189 e. The summed E-state index contributed by atoms with van der Waals surface area (Å²) in [6.45, 7) is 2.30. The van der Waals surface area contributed by atoms with Gasteiger partial charge in [-0.25, -0.2) is 5.43 Å². The monoisotopic (exact) mass is 261 g/mol. The average Bonchev–Trinajstić information content (AvgIpc) is 2.73. The van der Waals surface area contributed by atoms with Gasteiger partial charge in [0.15, 0.2) is 5.11 Å². The fourth-order valence-corrected chi connectivity index (χ4v) is 3.32. The van der Waals surface area contributed by atoms with E-state index in [0.717, 1.165) is 17.2 Å². The Hall–Kier alpha value is -1.13. The molecule has 1 aliphatic heterocycles. The van der Waals surface area contributed by atoms with Crippen LogP contribution in [0.2, 0.25) is 0 Å². The summed E-state index contributed by atoms with van der Waals surface area (Å²) in [5, 5.41) is 6.31. The van der Waals surface area contributed by atoms with E-state index >= 15 is 0 Å². The van der Waals surface area contributed by atoms with E-state index in [-0.39, 0.29) is 5.66 Å². The van der Waals surface area contributed by atoms with Crippen molar-refractivity contribution in [2.45, 2.75) is 38.3 Å². The molecule has 18 heavy (non-hydrogen) atoms. The van der Waals surface area contributed by atoms with E-state index in [2.05, 4.69) is 29.8 Å². The van der Waals surface area contributed by atoms with Crippen LogP contribution in [0, 0.1) is 5.92 Å². The highest BCUT2D eigenvalue weighted by Crippen LogP contribution is 2.35. The lowest BCUT2D eigenvalue weighted by molar-refractivity contribution is 0.158. The molecule has 2 aliphatic rings. The average molecular weight is 261 g/mol. The van der Waals surface area contributed by atoms with Crippen molar-refractivity contribution in [2.75, 3.05) is 5.01 Å². The minimum absolute atomic E-state index is 0.0365. The van der Waals surface area contributed by atoms with Gasteiger partial charge in [-0.05, 0) is 49.5 Å². The second-order valence-electron chi connectivity index (χ2n) is 5.33. The molecule has 3 nitrogen and oxygen atoms in total. The van der Waals surface area contributed by atoms with Crippen molar-refractivity contribution in [2.24, 2.45) is 5.92 Å². The molecular weight excluding hydrogens is 242 g/mol. The van der Waals surface area contributed by atoms with Gasteiger partial charge in [-0.1, -0.05) is 31.5 Å². The summed E-state index contributed by atoms with van der Waals surface area (Å²) in [7, 11) is 0. The molecule has 3 rings (SSSR count). The Morgan fingerprint density at radius 3 is 2.78 bits per heavy atom. The summed E-state index contributed by atoms with van der Waals surface area (Å²) in [6, 6.07) is 10.2. The summed E-state index contributed by atoms with van der Waals surface area (Å²) < 4.78 is 0. The van der Waals surface area contributed by atoms with Crippen molar-refractivity contribution in [3.05, 3.63) is 30.3 Å². The van der Waals surface area contributed by atoms with Crippen LogP contribution < -0.4 is 15.8 Å². The number of nitrogens with zero attached hydrogens (tertiary/aromatic N) is 1. The summed E-state index contributed by atoms with van der Waals surface area (Å²) in [5.41, 5.74) is 4.67. The number of hydrogen-bond acceptors (Lipinski definition) is 2. The van der Waals surface area contributed by atoms with Gasteiger partial charge in [0.05, 0.1) is 5.69 Å². The van der Waals surface area contributed by atoms with E-state index in [1.807, 2.05) is 23.2 Å². The van der Waals surface area contributed by atoms with Crippen LogP contribution in [-0.2, 0) is 0 Å². The molecule has 2 fully saturated rings. The topological polar surface area (TPSA) is 27.3 Å². The first-order valence-corrected chi connectivity index (χ1v) is 7.07. The number of rotatable bonds is 1. The predicted octanol–water partition coefficient (Wildman–Crippen LogP) is 2.79. The van der Waals surface area contributed by atoms with Crippen LogP contribution in [0.25, 0.3) is 0 Å². The summed E-state index contributed by atoms with van der Waals surface area (Å²) in [4.78, 5) is 0. The van der Waals surface area contributed by atoms with Crippen molar-refractivity contribution < 1.29 is 0 Å². The van der Waals surface area contributed by atoms with Gasteiger partial charge in [0.1, 0.15) is 5.66 Å². The largest absolute Gasteiger partial charge is 0.341 e. The molecule has 1 aromatic rings. The van der Waals surface area contributed by atoms with Crippen LogP contribution in [0.5, 0.6) is 0 Å². The maximum Gasteiger partial charge on any atom is 0.189 e. The lowest BCUT2D eigenvalue weighted by Crippen LogP contribution is -2.57. The fourth-order valence-electron chi connectivity index (χ4n) is 2.98. The molecule has 1 aromatic carbocycles. The Kier molecular flexibility index (Phi) is 2.99. The third-order valence-corrected chi connectivity index (χ3v) is 4.44. The van der Waals surface area contributed by atoms with Gasteiger partial charge in [0.25, 0.3) is 0 Å². The third kappa shape index (κ3) is 1.89. The van der Waals surface area contributed by atoms with Crippen LogP contribution in [0.3, 0.4) is 0 Å². The minimum Gasteiger partial charge on any atom is -0.341 e. The Bertz CT molecular complexity index is 448. The molecule has 0 bridgehead atoms. The predicted molar refractivity (Wildman–Crippen MR) is 78.2 cm³/mol. The number of anilines is 1. The summed E-state index contributed by atoms with van der Waals surface area (Å²) >= 11 is 5.48. The molecule has 4 heteroatoms. The van der Waals surface area contributed by atoms with Crippen molar-refractivity contribution in [3.8, 4) is 0 Å². The normalized spacial score (nSPS) is 31.7. The number of benzene rings is 1. The van der Waals surface area contributed by atoms with Crippen LogP contribution in [0.4, 0.5) is 5.69 Å². The quantitative estimate of drug-likeness (QED) is 0.760. The zero-order valence-corrected chi connectivity index (χ0v) is 11.5. The van der Waals surface area contributed by atoms with Gasteiger partial charge in [-0.15, -0.1) is 0 Å². The number of nitrogens with one attached hydrogen (secondary N) is 2. The molecule has 1 spiro atoms. The highest BCUT2D eigenvalue weighted by atomic mass is 32.1. The molecule has 0 radical (unpaired) electrons. The first-order valence-electron chi connectivity index (χ1n) is 6.66. The molecule has 1 saturated heterocycles. The minimum atomic E-state index is -0.0365. The Morgan fingerprint density at radius 1 is 1.28 bits per heavy atom. The van der Waals surface area contributed by atoms with E-state index < -0.39 is 0 Å². The summed E-state index contributed by atoms with van der Waals surface area (Å²) in [5.74, 6) is 0.595. The zero-order valence-electron chi connectivity index (χ0n) is 10.6. The molecule has 96 valence electrons. The second-order valence-corrected chi connectivity index (χ2v) is 5.72. The molecule has 0 aromatic heterocycles. The number of para-hydroxylation sites is 1. The van der Waals surface area contributed by atoms with Gasteiger partial charge in [-0.2, -0.15) is 0 Å². The van der Waals surface area contributed by atoms with Crippen LogP contribution >= 0.6 is 12.2 Å². The maximum absolute atomic E-state index is 5.48. The van der Waals surface area contributed by atoms with E-state index in [4.69, 9.17) is 12.2 Å². The van der Waals surface area contributed by atoms with E-state index in [0.29, 0.717) is 5.92 Å². The van der Waals surface area contributed by atoms with Crippen LogP contribution in [0.15, 0.2) is 30.3 Å². The molecule has 1 aliphatic carbocycles. The van der Waals surface area contributed by atoms with Crippen molar-refractivity contribution in [3.63, 3.8) is 0 Å². The molecule has 1 heterocycles. The Morgan fingerprint density at radius 2 is 2.06 bits per heavy atom. The summed E-state index contributed by atoms with van der Waals surface area (Å²) in [6.07, 6.45) is 4.98. The fraction of sp³-hybridized carbons (Fsp3) is 0.500. The third-order valence-electron chi connectivity index (χ3n) is 4.16. The van der Waals surface area contributed by atoms with E-state index in [9.17, 15) is 0 Å². The van der Waals surface area contributed by atoms with Gasteiger partial charge in [-0.3, -0.25) is 5.01 Å². The first kappa shape index (κ1) is 11.9. The molecule has 0 amide bonds. The lowest BCUT2D eigenvalue weighted by Gasteiger charge is -2.39. The van der Waals surface area contributed by atoms with Gasteiger partial charge in [0.2, 0.25) is 0 Å². The van der Waals surface area contributed by atoms with E-state index in [1.54, 1.807) is 0 Å². The SMILES string of the molecule is C[C@@H]1CCCC[C@]12NC(=S)N(c1ccccc1)N2. The number of hydrogen-bond donors (Lipinski definition) is 2. The van der Waals surface area contributed by atoms with Gasteiger partial charge >= 0.3 is 0 Å². The van der Waals surface area contributed by atoms with Crippen molar-refractivity contribution >= 4 is 23.0 Å². The Balaban J connectivity index is 1.86. The van der Waals surface area contributed by atoms with E-state index in [1.165, 1.54) is 19.3 Å². The lowest BCUT2D eigenvalue weighted by atomic mass is 9.81. The molecule has 1 saturated carbocycles.